The molecule has 18 heavy (non-hydrogen) atoms. The third-order valence-corrected chi connectivity index (χ3v) is 3.27. The molecule has 0 unspecified atom stereocenters. The fourth-order valence-corrected chi connectivity index (χ4v) is 1.54. The lowest BCUT2D eigenvalue weighted by Crippen LogP contribution is -2.33. The predicted octanol–water partition coefficient (Wildman–Crippen LogP) is 3.25. The minimum Gasteiger partial charge on any atom is -0.462 e. The summed E-state index contributed by atoms with van der Waals surface area (Å²) in [6.07, 6.45) is 3.59. The summed E-state index contributed by atoms with van der Waals surface area (Å²) in [6.45, 7) is 8.61. The molecule has 0 aliphatic heterocycles. The van der Waals surface area contributed by atoms with Crippen LogP contribution in [0.5, 0.6) is 0 Å². The second kappa shape index (κ2) is 6.38. The van der Waals surface area contributed by atoms with Crippen LogP contribution in [0.3, 0.4) is 0 Å². The highest BCUT2D eigenvalue weighted by atomic mass is 16.5. The summed E-state index contributed by atoms with van der Waals surface area (Å²) in [6, 6.07) is 3.55. The third kappa shape index (κ3) is 3.72. The number of hydrogen-bond donors (Lipinski definition) is 1. The van der Waals surface area contributed by atoms with Crippen molar-refractivity contribution in [3.05, 3.63) is 23.9 Å². The molecule has 0 aliphatic carbocycles. The largest absolute Gasteiger partial charge is 0.462 e. The molecule has 0 aliphatic rings. The van der Waals surface area contributed by atoms with Crippen LogP contribution in [0.2, 0.25) is 0 Å². The maximum atomic E-state index is 11.5. The molecular weight excluding hydrogens is 228 g/mol. The highest BCUT2D eigenvalue weighted by Gasteiger charge is 2.19. The van der Waals surface area contributed by atoms with Crippen LogP contribution in [0.1, 0.15) is 50.9 Å². The minimum atomic E-state index is -0.328. The van der Waals surface area contributed by atoms with E-state index in [-0.39, 0.29) is 11.5 Å². The molecule has 1 rings (SSSR count). The fraction of sp³-hybridized carbons (Fsp3) is 0.571. The summed E-state index contributed by atoms with van der Waals surface area (Å²) in [4.78, 5) is 15.7. The Balaban J connectivity index is 2.74. The summed E-state index contributed by atoms with van der Waals surface area (Å²) < 4.78 is 4.91. The van der Waals surface area contributed by atoms with Crippen LogP contribution in [0.25, 0.3) is 0 Å². The van der Waals surface area contributed by atoms with E-state index in [1.807, 2.05) is 6.07 Å². The van der Waals surface area contributed by atoms with E-state index in [4.69, 9.17) is 4.74 Å². The number of pyridine rings is 1. The Morgan fingerprint density at radius 1 is 1.33 bits per heavy atom. The summed E-state index contributed by atoms with van der Waals surface area (Å²) in [7, 11) is 0. The lowest BCUT2D eigenvalue weighted by molar-refractivity contribution is 0.0526. The first-order valence-electron chi connectivity index (χ1n) is 6.46. The number of aromatic nitrogens is 1. The first-order chi connectivity index (χ1) is 8.54. The zero-order valence-electron chi connectivity index (χ0n) is 11.6. The van der Waals surface area contributed by atoms with Gasteiger partial charge in [0.05, 0.1) is 12.2 Å². The SMILES string of the molecule is CCOC(=O)c1ccc(NC(C)(CC)CC)nc1. The molecule has 0 fully saturated rings. The van der Waals surface area contributed by atoms with Gasteiger partial charge in [0.1, 0.15) is 5.82 Å². The lowest BCUT2D eigenvalue weighted by atomic mass is 9.95. The van der Waals surface area contributed by atoms with Gasteiger partial charge in [-0.1, -0.05) is 13.8 Å². The molecule has 4 nitrogen and oxygen atoms in total. The van der Waals surface area contributed by atoms with Crippen LogP contribution in [0.4, 0.5) is 5.82 Å². The molecule has 0 aromatic carbocycles. The quantitative estimate of drug-likeness (QED) is 0.787. The van der Waals surface area contributed by atoms with Crippen molar-refractivity contribution in [3.63, 3.8) is 0 Å². The van der Waals surface area contributed by atoms with Crippen molar-refractivity contribution >= 4 is 11.8 Å². The van der Waals surface area contributed by atoms with E-state index in [2.05, 4.69) is 31.1 Å². The van der Waals surface area contributed by atoms with Gasteiger partial charge in [-0.3, -0.25) is 0 Å². The van der Waals surface area contributed by atoms with E-state index >= 15 is 0 Å². The molecule has 1 N–H and O–H groups in total. The van der Waals surface area contributed by atoms with Gasteiger partial charge in [0, 0.05) is 11.7 Å². The predicted molar refractivity (Wildman–Crippen MR) is 72.8 cm³/mol. The Hall–Kier alpha value is -1.58. The van der Waals surface area contributed by atoms with Crippen molar-refractivity contribution in [1.82, 2.24) is 4.98 Å². The standard InChI is InChI=1S/C14H22N2O2/c1-5-14(4,6-2)16-12-9-8-11(10-15-12)13(17)18-7-3/h8-10H,5-7H2,1-4H3,(H,15,16). The van der Waals surface area contributed by atoms with Gasteiger partial charge in [-0.15, -0.1) is 0 Å². The first-order valence-corrected chi connectivity index (χ1v) is 6.46. The normalized spacial score (nSPS) is 11.1. The van der Waals surface area contributed by atoms with Crippen molar-refractivity contribution in [2.24, 2.45) is 0 Å². The smallest absolute Gasteiger partial charge is 0.339 e. The number of esters is 1. The molecule has 0 bridgehead atoms. The fourth-order valence-electron chi connectivity index (χ4n) is 1.54. The molecule has 0 saturated heterocycles. The average molecular weight is 250 g/mol. The van der Waals surface area contributed by atoms with Crippen molar-refractivity contribution < 1.29 is 9.53 Å². The van der Waals surface area contributed by atoms with E-state index < -0.39 is 0 Å². The Morgan fingerprint density at radius 3 is 2.44 bits per heavy atom. The van der Waals surface area contributed by atoms with Gasteiger partial charge < -0.3 is 10.1 Å². The summed E-state index contributed by atoms with van der Waals surface area (Å²) in [5.74, 6) is 0.458. The van der Waals surface area contributed by atoms with Gasteiger partial charge >= 0.3 is 5.97 Å². The Morgan fingerprint density at radius 2 is 2.00 bits per heavy atom. The molecule has 0 amide bonds. The molecule has 1 heterocycles. The van der Waals surface area contributed by atoms with E-state index in [0.717, 1.165) is 18.7 Å². The zero-order chi connectivity index (χ0) is 13.6. The molecule has 1 aromatic heterocycles. The van der Waals surface area contributed by atoms with Crippen LogP contribution in [-0.4, -0.2) is 23.1 Å². The monoisotopic (exact) mass is 250 g/mol. The maximum Gasteiger partial charge on any atom is 0.339 e. The molecule has 1 aromatic rings. The van der Waals surface area contributed by atoms with Gasteiger partial charge in [0.25, 0.3) is 0 Å². The molecular formula is C14H22N2O2. The Kier molecular flexibility index (Phi) is 5.13. The molecule has 0 radical (unpaired) electrons. The maximum absolute atomic E-state index is 11.5. The van der Waals surface area contributed by atoms with Crippen molar-refractivity contribution in [1.29, 1.82) is 0 Å². The van der Waals surface area contributed by atoms with E-state index in [0.29, 0.717) is 12.2 Å². The van der Waals surface area contributed by atoms with Crippen LogP contribution in [-0.2, 0) is 4.74 Å². The number of hydrogen-bond acceptors (Lipinski definition) is 4. The number of carbonyl (C=O) groups is 1. The number of nitrogens with one attached hydrogen (secondary N) is 1. The van der Waals surface area contributed by atoms with Crippen LogP contribution < -0.4 is 5.32 Å². The van der Waals surface area contributed by atoms with E-state index in [1.165, 1.54) is 0 Å². The van der Waals surface area contributed by atoms with Crippen LogP contribution in [0, 0.1) is 0 Å². The third-order valence-electron chi connectivity index (χ3n) is 3.27. The van der Waals surface area contributed by atoms with Gasteiger partial charge in [0.2, 0.25) is 0 Å². The highest BCUT2D eigenvalue weighted by Crippen LogP contribution is 2.20. The van der Waals surface area contributed by atoms with Crippen molar-refractivity contribution in [2.75, 3.05) is 11.9 Å². The second-order valence-corrected chi connectivity index (χ2v) is 4.55. The number of nitrogens with zero attached hydrogens (tertiary/aromatic N) is 1. The zero-order valence-corrected chi connectivity index (χ0v) is 11.6. The first kappa shape index (κ1) is 14.5. The number of anilines is 1. The highest BCUT2D eigenvalue weighted by molar-refractivity contribution is 5.89. The summed E-state index contributed by atoms with van der Waals surface area (Å²) in [5, 5.41) is 3.39. The summed E-state index contributed by atoms with van der Waals surface area (Å²) in [5.41, 5.74) is 0.524. The van der Waals surface area contributed by atoms with Gasteiger partial charge in [-0.2, -0.15) is 0 Å². The van der Waals surface area contributed by atoms with Crippen LogP contribution in [0.15, 0.2) is 18.3 Å². The topological polar surface area (TPSA) is 51.2 Å². The van der Waals surface area contributed by atoms with Gasteiger partial charge in [0.15, 0.2) is 0 Å². The van der Waals surface area contributed by atoms with Crippen molar-refractivity contribution in [3.8, 4) is 0 Å². The van der Waals surface area contributed by atoms with Crippen molar-refractivity contribution in [2.45, 2.75) is 46.1 Å². The minimum absolute atomic E-state index is 0.0401. The second-order valence-electron chi connectivity index (χ2n) is 4.55. The molecule has 0 saturated carbocycles. The number of carbonyl (C=O) groups excluding carboxylic acids is 1. The molecule has 4 heteroatoms. The van der Waals surface area contributed by atoms with E-state index in [9.17, 15) is 4.79 Å². The van der Waals surface area contributed by atoms with E-state index in [1.54, 1.807) is 19.2 Å². The Bertz CT molecular complexity index is 383. The lowest BCUT2D eigenvalue weighted by Gasteiger charge is -2.28. The summed E-state index contributed by atoms with van der Waals surface area (Å²) >= 11 is 0. The van der Waals surface area contributed by atoms with Gasteiger partial charge in [-0.05, 0) is 38.8 Å². The molecule has 0 spiro atoms. The molecule has 100 valence electrons. The number of rotatable bonds is 6. The molecule has 0 atom stereocenters. The van der Waals surface area contributed by atoms with Crippen LogP contribution >= 0.6 is 0 Å². The number of ether oxygens (including phenoxy) is 1. The average Bonchev–Trinajstić information content (AvgIpc) is 2.39. The van der Waals surface area contributed by atoms with Gasteiger partial charge in [-0.25, -0.2) is 9.78 Å². The Labute approximate surface area is 109 Å².